The van der Waals surface area contributed by atoms with E-state index in [2.05, 4.69) is 29.4 Å². The van der Waals surface area contributed by atoms with Crippen LogP contribution in [-0.4, -0.2) is 11.4 Å². The highest BCUT2D eigenvalue weighted by Crippen LogP contribution is 2.05. The molecule has 0 bridgehead atoms. The number of benzene rings is 1. The molecule has 0 saturated heterocycles. The van der Waals surface area contributed by atoms with Gasteiger partial charge in [0.2, 0.25) is 0 Å². The van der Waals surface area contributed by atoms with Crippen molar-refractivity contribution in [2.75, 3.05) is 6.26 Å². The van der Waals surface area contributed by atoms with E-state index in [9.17, 15) is 0 Å². The van der Waals surface area contributed by atoms with Crippen molar-refractivity contribution in [1.29, 1.82) is 5.26 Å². The topological polar surface area (TPSA) is 48.2 Å². The summed E-state index contributed by atoms with van der Waals surface area (Å²) < 4.78 is 0. The van der Waals surface area contributed by atoms with Gasteiger partial charge in [-0.1, -0.05) is 41.6 Å². The molecule has 4 heteroatoms. The minimum absolute atomic E-state index is 0.602. The normalized spacial score (nSPS) is 10.9. The molecule has 1 aromatic carbocycles. The molecule has 0 aliphatic heterocycles. The number of rotatable bonds is 2. The minimum Gasteiger partial charge on any atom is -0.272 e. The summed E-state index contributed by atoms with van der Waals surface area (Å²) in [6.07, 6.45) is 3.75. The molecule has 0 unspecified atom stereocenters. The van der Waals surface area contributed by atoms with Gasteiger partial charge in [-0.05, 0) is 18.7 Å². The number of amidine groups is 1. The van der Waals surface area contributed by atoms with Crippen LogP contribution in [0, 0.1) is 18.4 Å². The van der Waals surface area contributed by atoms with Gasteiger partial charge in [-0.2, -0.15) is 5.26 Å². The number of nitrogens with zero attached hydrogens (tertiary/aromatic N) is 2. The molecule has 0 fully saturated rings. The van der Waals surface area contributed by atoms with Crippen molar-refractivity contribution in [1.82, 2.24) is 5.32 Å². The maximum absolute atomic E-state index is 8.45. The summed E-state index contributed by atoms with van der Waals surface area (Å²) in [5.41, 5.74) is 2.38. The van der Waals surface area contributed by atoms with Gasteiger partial charge in [0, 0.05) is 0 Å². The lowest BCUT2D eigenvalue weighted by atomic mass is 10.1. The van der Waals surface area contributed by atoms with Gasteiger partial charge in [0.25, 0.3) is 0 Å². The van der Waals surface area contributed by atoms with E-state index in [4.69, 9.17) is 5.26 Å². The second-order valence-electron chi connectivity index (χ2n) is 3.05. The molecule has 1 N–H and O–H groups in total. The maximum atomic E-state index is 8.45. The Morgan fingerprint density at radius 3 is 2.67 bits per heavy atom. The highest BCUT2D eigenvalue weighted by molar-refractivity contribution is 8.13. The van der Waals surface area contributed by atoms with E-state index in [-0.39, 0.29) is 0 Å². The maximum Gasteiger partial charge on any atom is 0.183 e. The monoisotopic (exact) mass is 219 g/mol. The van der Waals surface area contributed by atoms with E-state index in [0.29, 0.717) is 11.7 Å². The van der Waals surface area contributed by atoms with Crippen molar-refractivity contribution in [2.24, 2.45) is 4.99 Å². The van der Waals surface area contributed by atoms with Gasteiger partial charge < -0.3 is 0 Å². The number of hydrogen-bond donors (Lipinski definition) is 1. The van der Waals surface area contributed by atoms with Gasteiger partial charge in [-0.3, -0.25) is 10.3 Å². The Morgan fingerprint density at radius 1 is 1.47 bits per heavy atom. The Hall–Kier alpha value is -1.47. The van der Waals surface area contributed by atoms with Crippen LogP contribution in [0.2, 0.25) is 0 Å². The third kappa shape index (κ3) is 4.05. The molecule has 1 rings (SSSR count). The summed E-state index contributed by atoms with van der Waals surface area (Å²) in [5, 5.41) is 11.6. The fourth-order valence-electron chi connectivity index (χ4n) is 1.06. The van der Waals surface area contributed by atoms with Gasteiger partial charge in [0.15, 0.2) is 11.4 Å². The zero-order valence-electron chi connectivity index (χ0n) is 8.82. The van der Waals surface area contributed by atoms with Crippen molar-refractivity contribution >= 4 is 16.9 Å². The van der Waals surface area contributed by atoms with E-state index < -0.39 is 0 Å². The molecule has 0 atom stereocenters. The first-order chi connectivity index (χ1) is 7.26. The van der Waals surface area contributed by atoms with Gasteiger partial charge in [-0.15, -0.1) is 0 Å². The molecule has 0 spiro atoms. The molecule has 15 heavy (non-hydrogen) atoms. The predicted molar refractivity (Wildman–Crippen MR) is 64.6 cm³/mol. The Bertz CT molecular complexity index is 376. The summed E-state index contributed by atoms with van der Waals surface area (Å²) >= 11 is 1.43. The molecule has 0 aliphatic carbocycles. The Labute approximate surface area is 94.2 Å². The van der Waals surface area contributed by atoms with Crippen molar-refractivity contribution < 1.29 is 0 Å². The molecular formula is C11H13N3S. The van der Waals surface area contributed by atoms with E-state index in [0.717, 1.165) is 5.56 Å². The molecule has 0 radical (unpaired) electrons. The number of aliphatic imine (C=N–C) groups is 1. The largest absolute Gasteiger partial charge is 0.272 e. The summed E-state index contributed by atoms with van der Waals surface area (Å²) in [5.74, 6) is 0. The van der Waals surface area contributed by atoms with Crippen LogP contribution in [0.15, 0.2) is 29.3 Å². The average Bonchev–Trinajstić information content (AvgIpc) is 2.26. The molecule has 0 aliphatic rings. The number of nitriles is 1. The fourth-order valence-corrected chi connectivity index (χ4v) is 1.40. The zero-order valence-corrected chi connectivity index (χ0v) is 9.64. The number of aryl methyl sites for hydroxylation is 1. The van der Waals surface area contributed by atoms with E-state index >= 15 is 0 Å². The van der Waals surface area contributed by atoms with Crippen LogP contribution in [-0.2, 0) is 6.54 Å². The lowest BCUT2D eigenvalue weighted by molar-refractivity contribution is 1.05. The first kappa shape index (κ1) is 11.6. The quantitative estimate of drug-likeness (QED) is 0.359. The second kappa shape index (κ2) is 6.10. The molecule has 3 nitrogen and oxygen atoms in total. The highest BCUT2D eigenvalue weighted by Gasteiger charge is 1.95. The molecule has 1 aromatic rings. The average molecular weight is 219 g/mol. The summed E-state index contributed by atoms with van der Waals surface area (Å²) in [6.45, 7) is 2.66. The van der Waals surface area contributed by atoms with Crippen molar-refractivity contribution in [3.63, 3.8) is 0 Å². The van der Waals surface area contributed by atoms with Crippen molar-refractivity contribution in [3.05, 3.63) is 35.4 Å². The van der Waals surface area contributed by atoms with E-state index in [1.807, 2.05) is 24.6 Å². The lowest BCUT2D eigenvalue weighted by Crippen LogP contribution is -2.13. The smallest absolute Gasteiger partial charge is 0.183 e. The standard InChI is InChI=1S/C11H13N3S/c1-9-3-5-10(6-4-9)7-13-11(15-2)14-8-12/h3-6H,7H2,1-2H3,(H,13,14). The number of thioether (sulfide) groups is 1. The fraction of sp³-hybridized carbons (Fsp3) is 0.273. The van der Waals surface area contributed by atoms with Crippen LogP contribution in [0.25, 0.3) is 0 Å². The van der Waals surface area contributed by atoms with Crippen LogP contribution in [0.4, 0.5) is 0 Å². The van der Waals surface area contributed by atoms with Gasteiger partial charge in [-0.25, -0.2) is 0 Å². The number of nitrogens with one attached hydrogen (secondary N) is 1. The Morgan fingerprint density at radius 2 is 2.13 bits per heavy atom. The third-order valence-electron chi connectivity index (χ3n) is 1.88. The molecule has 0 heterocycles. The van der Waals surface area contributed by atoms with Crippen molar-refractivity contribution in [3.8, 4) is 6.19 Å². The van der Waals surface area contributed by atoms with Crippen LogP contribution in [0.1, 0.15) is 11.1 Å². The number of hydrogen-bond acceptors (Lipinski definition) is 3. The van der Waals surface area contributed by atoms with E-state index in [1.54, 1.807) is 0 Å². The van der Waals surface area contributed by atoms with Crippen LogP contribution >= 0.6 is 11.8 Å². The predicted octanol–water partition coefficient (Wildman–Crippen LogP) is 2.28. The Balaban J connectivity index is 2.62. The van der Waals surface area contributed by atoms with Gasteiger partial charge in [0.05, 0.1) is 6.54 Å². The summed E-state index contributed by atoms with van der Waals surface area (Å²) in [6, 6.07) is 8.20. The Kier molecular flexibility index (Phi) is 4.72. The van der Waals surface area contributed by atoms with E-state index in [1.165, 1.54) is 17.3 Å². The molecule has 0 amide bonds. The third-order valence-corrected chi connectivity index (χ3v) is 2.50. The van der Waals surface area contributed by atoms with Gasteiger partial charge >= 0.3 is 0 Å². The first-order valence-electron chi connectivity index (χ1n) is 4.55. The minimum atomic E-state index is 0.602. The molecule has 78 valence electrons. The summed E-state index contributed by atoms with van der Waals surface area (Å²) in [7, 11) is 0. The molecular weight excluding hydrogens is 206 g/mol. The molecule has 0 saturated carbocycles. The first-order valence-corrected chi connectivity index (χ1v) is 5.78. The molecule has 0 aromatic heterocycles. The van der Waals surface area contributed by atoms with Gasteiger partial charge in [0.1, 0.15) is 0 Å². The zero-order chi connectivity index (χ0) is 11.1. The van der Waals surface area contributed by atoms with Crippen LogP contribution in [0.5, 0.6) is 0 Å². The van der Waals surface area contributed by atoms with Crippen molar-refractivity contribution in [2.45, 2.75) is 13.5 Å². The van der Waals surface area contributed by atoms with Crippen LogP contribution < -0.4 is 5.32 Å². The lowest BCUT2D eigenvalue weighted by Gasteiger charge is -2.00. The summed E-state index contributed by atoms with van der Waals surface area (Å²) in [4.78, 5) is 4.28. The SMILES string of the molecule is CSC(=NCc1ccc(C)cc1)NC#N. The highest BCUT2D eigenvalue weighted by atomic mass is 32.2. The van der Waals surface area contributed by atoms with Crippen LogP contribution in [0.3, 0.4) is 0 Å². The second-order valence-corrected chi connectivity index (χ2v) is 3.84.